The van der Waals surface area contributed by atoms with Crippen LogP contribution in [0.3, 0.4) is 0 Å². The minimum atomic E-state index is -0.330. The van der Waals surface area contributed by atoms with Gasteiger partial charge in [-0.2, -0.15) is 0 Å². The maximum absolute atomic E-state index is 13.2. The van der Waals surface area contributed by atoms with E-state index in [2.05, 4.69) is 13.0 Å². The van der Waals surface area contributed by atoms with Gasteiger partial charge in [0.1, 0.15) is 6.54 Å². The van der Waals surface area contributed by atoms with Gasteiger partial charge >= 0.3 is 0 Å². The van der Waals surface area contributed by atoms with Crippen LogP contribution in [0.1, 0.15) is 49.3 Å². The summed E-state index contributed by atoms with van der Waals surface area (Å²) in [5.74, 6) is -0.209. The Morgan fingerprint density at radius 1 is 1.00 bits per heavy atom. The molecule has 2 saturated heterocycles. The van der Waals surface area contributed by atoms with Crippen molar-refractivity contribution in [3.8, 4) is 0 Å². The second-order valence-corrected chi connectivity index (χ2v) is 10.9. The van der Waals surface area contributed by atoms with Crippen molar-refractivity contribution in [3.63, 3.8) is 0 Å². The molecular formula is C29H30ClN3O3S. The highest BCUT2D eigenvalue weighted by Gasteiger charge is 2.35. The number of hydrogen-bond donors (Lipinski definition) is 0. The molecule has 0 saturated carbocycles. The lowest BCUT2D eigenvalue weighted by Crippen LogP contribution is -2.34. The van der Waals surface area contributed by atoms with Crippen LogP contribution in [0.4, 0.5) is 4.79 Å². The minimum Gasteiger partial charge on any atom is -0.341 e. The smallest absolute Gasteiger partial charge is 0.293 e. The number of aryl methyl sites for hydroxylation is 1. The second-order valence-electron chi connectivity index (χ2n) is 9.53. The number of para-hydroxylation sites is 1. The van der Waals surface area contributed by atoms with Gasteiger partial charge in [-0.25, -0.2) is 0 Å². The van der Waals surface area contributed by atoms with Crippen LogP contribution in [-0.2, 0) is 29.1 Å². The van der Waals surface area contributed by atoms with Crippen molar-refractivity contribution in [1.29, 1.82) is 0 Å². The molecule has 2 fully saturated rings. The summed E-state index contributed by atoms with van der Waals surface area (Å²) in [4.78, 5) is 42.8. The Hall–Kier alpha value is -3.03. The average Bonchev–Trinajstić information content (AvgIpc) is 3.20. The van der Waals surface area contributed by atoms with Crippen LogP contribution in [0.15, 0.2) is 53.6 Å². The first kappa shape index (κ1) is 25.6. The standard InChI is InChI=1S/C29H30ClN3O3S/c1-2-20-11-9-12-23-22(17-32(27(20)23)19-26(34)31-14-7-3-4-8-15-31)16-25-28(35)33(29(36)37-25)18-21-10-5-6-13-24(21)30/h5-6,9-13,16-17H,2-4,7-8,14-15,18-19H2,1H3/b25-16-. The van der Waals surface area contributed by atoms with Crippen LogP contribution in [0.5, 0.6) is 0 Å². The molecule has 0 aliphatic carbocycles. The number of rotatable bonds is 6. The van der Waals surface area contributed by atoms with E-state index in [-0.39, 0.29) is 30.1 Å². The maximum atomic E-state index is 13.2. The fraction of sp³-hybridized carbons (Fsp3) is 0.345. The molecule has 37 heavy (non-hydrogen) atoms. The Labute approximate surface area is 226 Å². The molecule has 0 N–H and O–H groups in total. The number of fused-ring (bicyclic) bond motifs is 1. The fourth-order valence-electron chi connectivity index (χ4n) is 5.13. The van der Waals surface area contributed by atoms with Crippen LogP contribution in [0, 0.1) is 0 Å². The third-order valence-corrected chi connectivity index (χ3v) is 8.38. The zero-order chi connectivity index (χ0) is 25.9. The molecule has 0 atom stereocenters. The van der Waals surface area contributed by atoms with E-state index in [1.54, 1.807) is 12.1 Å². The number of carbonyl (C=O) groups is 3. The van der Waals surface area contributed by atoms with E-state index in [1.165, 1.54) is 17.7 Å². The third-order valence-electron chi connectivity index (χ3n) is 7.10. The molecule has 0 spiro atoms. The molecule has 3 heterocycles. The molecule has 0 radical (unpaired) electrons. The summed E-state index contributed by atoms with van der Waals surface area (Å²) < 4.78 is 2.02. The summed E-state index contributed by atoms with van der Waals surface area (Å²) in [7, 11) is 0. The normalized spacial score (nSPS) is 17.7. The summed E-state index contributed by atoms with van der Waals surface area (Å²) in [6, 6.07) is 13.3. The SMILES string of the molecule is CCc1cccc2c(/C=C3\SC(=O)N(Cc4ccccc4Cl)C3=O)cn(CC(=O)N3CCCCCC3)c12. The number of thioether (sulfide) groups is 1. The summed E-state index contributed by atoms with van der Waals surface area (Å²) in [5, 5.41) is 1.18. The van der Waals surface area contributed by atoms with E-state index in [0.717, 1.165) is 71.7 Å². The molecule has 2 aromatic carbocycles. The molecule has 0 bridgehead atoms. The number of nitrogens with zero attached hydrogens (tertiary/aromatic N) is 3. The van der Waals surface area contributed by atoms with Gasteiger partial charge in [-0.1, -0.05) is 67.8 Å². The summed E-state index contributed by atoms with van der Waals surface area (Å²) in [5.41, 5.74) is 3.71. The van der Waals surface area contributed by atoms with Crippen LogP contribution in [0.2, 0.25) is 5.02 Å². The molecule has 1 aromatic heterocycles. The number of aromatic nitrogens is 1. The first-order chi connectivity index (χ1) is 18.0. The zero-order valence-corrected chi connectivity index (χ0v) is 22.5. The van der Waals surface area contributed by atoms with Crippen LogP contribution < -0.4 is 0 Å². The van der Waals surface area contributed by atoms with Crippen LogP contribution in [-0.4, -0.2) is 44.5 Å². The molecule has 3 aromatic rings. The third kappa shape index (κ3) is 5.34. The van der Waals surface area contributed by atoms with Crippen LogP contribution in [0.25, 0.3) is 17.0 Å². The largest absolute Gasteiger partial charge is 0.341 e. The predicted octanol–water partition coefficient (Wildman–Crippen LogP) is 6.50. The van der Waals surface area contributed by atoms with Gasteiger partial charge in [0, 0.05) is 35.3 Å². The molecule has 6 nitrogen and oxygen atoms in total. The Balaban J connectivity index is 1.46. The molecular weight excluding hydrogens is 506 g/mol. The van der Waals surface area contributed by atoms with Crippen LogP contribution >= 0.6 is 23.4 Å². The molecule has 3 amide bonds. The highest BCUT2D eigenvalue weighted by atomic mass is 35.5. The Bertz CT molecular complexity index is 1390. The van der Waals surface area contributed by atoms with Gasteiger partial charge < -0.3 is 9.47 Å². The van der Waals surface area contributed by atoms with Gasteiger partial charge in [0.15, 0.2) is 0 Å². The first-order valence-electron chi connectivity index (χ1n) is 12.8. The highest BCUT2D eigenvalue weighted by molar-refractivity contribution is 8.18. The minimum absolute atomic E-state index is 0.122. The predicted molar refractivity (Wildman–Crippen MR) is 149 cm³/mol. The summed E-state index contributed by atoms with van der Waals surface area (Å²) in [6.07, 6.45) is 9.00. The molecule has 5 rings (SSSR count). The van der Waals surface area contributed by atoms with Crippen molar-refractivity contribution in [2.45, 2.75) is 52.1 Å². The molecule has 0 unspecified atom stereocenters. The maximum Gasteiger partial charge on any atom is 0.293 e. The number of imide groups is 1. The topological polar surface area (TPSA) is 62.6 Å². The Morgan fingerprint density at radius 2 is 1.73 bits per heavy atom. The number of amides is 3. The number of halogens is 1. The fourth-order valence-corrected chi connectivity index (χ4v) is 6.16. The molecule has 192 valence electrons. The number of carbonyl (C=O) groups excluding carboxylic acids is 3. The van der Waals surface area contributed by atoms with Gasteiger partial charge in [-0.15, -0.1) is 0 Å². The van der Waals surface area contributed by atoms with Gasteiger partial charge in [0.2, 0.25) is 5.91 Å². The lowest BCUT2D eigenvalue weighted by molar-refractivity contribution is -0.131. The van der Waals surface area contributed by atoms with Crippen molar-refractivity contribution in [3.05, 3.63) is 75.3 Å². The second kappa shape index (κ2) is 11.2. The van der Waals surface area contributed by atoms with Crippen molar-refractivity contribution < 1.29 is 14.4 Å². The quantitative estimate of drug-likeness (QED) is 0.338. The van der Waals surface area contributed by atoms with Gasteiger partial charge in [-0.05, 0) is 54.3 Å². The van der Waals surface area contributed by atoms with E-state index in [1.807, 2.05) is 46.0 Å². The molecule has 2 aliphatic heterocycles. The Morgan fingerprint density at radius 3 is 2.46 bits per heavy atom. The lowest BCUT2D eigenvalue weighted by Gasteiger charge is -2.21. The van der Waals surface area contributed by atoms with E-state index in [4.69, 9.17) is 11.6 Å². The first-order valence-corrected chi connectivity index (χ1v) is 14.0. The highest BCUT2D eigenvalue weighted by Crippen LogP contribution is 2.36. The van der Waals surface area contributed by atoms with Gasteiger partial charge in [0.25, 0.3) is 11.1 Å². The Kier molecular flexibility index (Phi) is 7.72. The lowest BCUT2D eigenvalue weighted by atomic mass is 10.1. The average molecular weight is 536 g/mol. The summed E-state index contributed by atoms with van der Waals surface area (Å²) >= 11 is 7.20. The molecule has 8 heteroatoms. The monoisotopic (exact) mass is 535 g/mol. The van der Waals surface area contributed by atoms with E-state index >= 15 is 0 Å². The van der Waals surface area contributed by atoms with Crippen molar-refractivity contribution in [2.24, 2.45) is 0 Å². The van der Waals surface area contributed by atoms with Crippen molar-refractivity contribution in [1.82, 2.24) is 14.4 Å². The zero-order valence-electron chi connectivity index (χ0n) is 20.9. The van der Waals surface area contributed by atoms with Crippen molar-refractivity contribution >= 4 is 57.4 Å². The molecule has 2 aliphatic rings. The van der Waals surface area contributed by atoms with Crippen molar-refractivity contribution in [2.75, 3.05) is 13.1 Å². The van der Waals surface area contributed by atoms with E-state index in [0.29, 0.717) is 9.93 Å². The summed E-state index contributed by atoms with van der Waals surface area (Å²) in [6.45, 7) is 4.11. The number of hydrogen-bond acceptors (Lipinski definition) is 4. The number of benzene rings is 2. The van der Waals surface area contributed by atoms with Gasteiger partial charge in [-0.3, -0.25) is 19.3 Å². The van der Waals surface area contributed by atoms with E-state index in [9.17, 15) is 14.4 Å². The van der Waals surface area contributed by atoms with E-state index < -0.39 is 0 Å². The number of likely N-dealkylation sites (tertiary alicyclic amines) is 1. The van der Waals surface area contributed by atoms with Gasteiger partial charge in [0.05, 0.1) is 17.0 Å².